The molecule has 9 heteroatoms. The average molecular weight is 451 g/mol. The highest BCUT2D eigenvalue weighted by Crippen LogP contribution is 2.42. The number of likely N-dealkylation sites (tertiary alicyclic amines) is 1. The summed E-state index contributed by atoms with van der Waals surface area (Å²) in [6.45, 7) is 3.77. The molecule has 6 rings (SSSR count). The molecule has 172 valence electrons. The van der Waals surface area contributed by atoms with Gasteiger partial charge in [0.2, 0.25) is 17.6 Å². The summed E-state index contributed by atoms with van der Waals surface area (Å²) in [5, 5.41) is 4.25. The van der Waals surface area contributed by atoms with Gasteiger partial charge in [-0.2, -0.15) is 4.98 Å². The fourth-order valence-corrected chi connectivity index (χ4v) is 5.51. The van der Waals surface area contributed by atoms with Crippen LogP contribution < -0.4 is 4.90 Å². The highest BCUT2D eigenvalue weighted by Gasteiger charge is 2.35. The third-order valence-corrected chi connectivity index (χ3v) is 7.30. The zero-order valence-electron chi connectivity index (χ0n) is 18.7. The Hall–Kier alpha value is -3.23. The number of carbonyl (C=O) groups is 1. The molecule has 3 aliphatic rings. The van der Waals surface area contributed by atoms with E-state index in [1.807, 2.05) is 21.3 Å². The van der Waals surface area contributed by atoms with Gasteiger partial charge in [-0.05, 0) is 50.8 Å². The molecule has 0 bridgehead atoms. The number of halogens is 1. The van der Waals surface area contributed by atoms with E-state index in [2.05, 4.69) is 15.1 Å². The fraction of sp³-hybridized carbons (Fsp3) is 0.500. The molecule has 1 aliphatic carbocycles. The molecule has 3 aromatic rings. The van der Waals surface area contributed by atoms with E-state index >= 15 is 0 Å². The lowest BCUT2D eigenvalue weighted by Crippen LogP contribution is -2.42. The Morgan fingerprint density at radius 3 is 2.73 bits per heavy atom. The first-order valence-corrected chi connectivity index (χ1v) is 11.9. The van der Waals surface area contributed by atoms with Crippen LogP contribution in [0.2, 0.25) is 0 Å². The van der Waals surface area contributed by atoms with Crippen molar-refractivity contribution in [3.63, 3.8) is 0 Å². The number of anilines is 1. The number of rotatable bonds is 4. The molecule has 1 saturated heterocycles. The monoisotopic (exact) mass is 450 g/mol. The fourth-order valence-electron chi connectivity index (χ4n) is 5.51. The Morgan fingerprint density at radius 1 is 1.15 bits per heavy atom. The molecule has 0 N–H and O–H groups in total. The Kier molecular flexibility index (Phi) is 4.92. The molecular formula is C24H27FN6O2. The number of aromatic nitrogens is 4. The van der Waals surface area contributed by atoms with Crippen molar-refractivity contribution in [1.82, 2.24) is 24.6 Å². The van der Waals surface area contributed by atoms with Gasteiger partial charge in [-0.3, -0.25) is 9.36 Å². The summed E-state index contributed by atoms with van der Waals surface area (Å²) in [6, 6.07) is 4.44. The number of fused-ring (bicyclic) bond motifs is 3. The van der Waals surface area contributed by atoms with Gasteiger partial charge < -0.3 is 14.3 Å². The van der Waals surface area contributed by atoms with Crippen LogP contribution in [0, 0.1) is 5.82 Å². The lowest BCUT2D eigenvalue weighted by atomic mass is 10.0. The number of nitrogens with zero attached hydrogens (tertiary/aromatic N) is 6. The maximum atomic E-state index is 14.3. The quantitative estimate of drug-likeness (QED) is 0.592. The van der Waals surface area contributed by atoms with Gasteiger partial charge in [0.15, 0.2) is 0 Å². The van der Waals surface area contributed by atoms with Crippen molar-refractivity contribution in [2.45, 2.75) is 57.4 Å². The van der Waals surface area contributed by atoms with Crippen LogP contribution >= 0.6 is 0 Å². The summed E-state index contributed by atoms with van der Waals surface area (Å²) in [5.74, 6) is 1.19. The maximum absolute atomic E-state index is 14.3. The van der Waals surface area contributed by atoms with E-state index in [9.17, 15) is 9.18 Å². The van der Waals surface area contributed by atoms with Crippen LogP contribution in [0.25, 0.3) is 17.2 Å². The van der Waals surface area contributed by atoms with E-state index < -0.39 is 0 Å². The molecule has 0 unspecified atom stereocenters. The lowest BCUT2D eigenvalue weighted by Gasteiger charge is -2.38. The Bertz CT molecular complexity index is 1190. The number of carbonyl (C=O) groups excluding carboxylic acids is 1. The first kappa shape index (κ1) is 20.4. The van der Waals surface area contributed by atoms with Crippen LogP contribution in [-0.4, -0.2) is 50.1 Å². The highest BCUT2D eigenvalue weighted by molar-refractivity contribution is 5.84. The minimum Gasteiger partial charge on any atom is -0.352 e. The standard InChI is InChI=1S/C24H27FN6O2/c1-15-22-21(23-27-24(33-28-23)16-6-2-3-7-16)26-14-31(22)18-9-8-17(25)12-19(18)30(15)13-20(32)29-10-4-5-11-29/h8-9,12,14-16H,2-7,10-11,13H2,1H3/t15-/m1/s1. The second-order valence-electron chi connectivity index (χ2n) is 9.31. The maximum Gasteiger partial charge on any atom is 0.242 e. The first-order valence-electron chi connectivity index (χ1n) is 11.9. The van der Waals surface area contributed by atoms with Crippen LogP contribution in [0.5, 0.6) is 0 Å². The molecule has 2 aromatic heterocycles. The Labute approximate surface area is 191 Å². The largest absolute Gasteiger partial charge is 0.352 e. The average Bonchev–Trinajstić information content (AvgIpc) is 3.62. The SMILES string of the molecule is C[C@@H]1c2c(-c3noc(C4CCCC4)n3)ncn2-c2ccc(F)cc2N1CC(=O)N1CCCC1. The molecule has 8 nitrogen and oxygen atoms in total. The van der Waals surface area contributed by atoms with E-state index in [0.29, 0.717) is 29.0 Å². The van der Waals surface area contributed by atoms with Gasteiger partial charge in [-0.1, -0.05) is 18.0 Å². The molecular weight excluding hydrogens is 423 g/mol. The molecule has 0 radical (unpaired) electrons. The van der Waals surface area contributed by atoms with E-state index in [4.69, 9.17) is 4.52 Å². The Morgan fingerprint density at radius 2 is 1.94 bits per heavy atom. The minimum atomic E-state index is -0.331. The smallest absolute Gasteiger partial charge is 0.242 e. The van der Waals surface area contributed by atoms with Gasteiger partial charge >= 0.3 is 0 Å². The van der Waals surface area contributed by atoms with Crippen LogP contribution in [-0.2, 0) is 4.79 Å². The van der Waals surface area contributed by atoms with Gasteiger partial charge in [0.25, 0.3) is 0 Å². The lowest BCUT2D eigenvalue weighted by molar-refractivity contribution is -0.128. The predicted octanol–water partition coefficient (Wildman–Crippen LogP) is 4.22. The van der Waals surface area contributed by atoms with Gasteiger partial charge in [-0.15, -0.1) is 0 Å². The zero-order valence-corrected chi connectivity index (χ0v) is 18.7. The third-order valence-electron chi connectivity index (χ3n) is 7.30. The summed E-state index contributed by atoms with van der Waals surface area (Å²) < 4.78 is 21.8. The summed E-state index contributed by atoms with van der Waals surface area (Å²) in [5.41, 5.74) is 2.99. The van der Waals surface area contributed by atoms with Crippen molar-refractivity contribution < 1.29 is 13.7 Å². The normalized spacial score (nSPS) is 20.4. The van der Waals surface area contributed by atoms with Crippen molar-refractivity contribution in [3.05, 3.63) is 41.9 Å². The zero-order chi connectivity index (χ0) is 22.5. The molecule has 33 heavy (non-hydrogen) atoms. The van der Waals surface area contributed by atoms with Crippen molar-refractivity contribution >= 4 is 11.6 Å². The number of imidazole rings is 1. The molecule has 1 aromatic carbocycles. The predicted molar refractivity (Wildman–Crippen MR) is 120 cm³/mol. The van der Waals surface area contributed by atoms with Crippen molar-refractivity contribution in [1.29, 1.82) is 0 Å². The third kappa shape index (κ3) is 3.41. The van der Waals surface area contributed by atoms with Gasteiger partial charge in [-0.25, -0.2) is 9.37 Å². The van der Waals surface area contributed by atoms with Crippen LogP contribution in [0.1, 0.15) is 69.0 Å². The number of hydrogen-bond acceptors (Lipinski definition) is 6. The van der Waals surface area contributed by atoms with Gasteiger partial charge in [0.1, 0.15) is 17.8 Å². The summed E-state index contributed by atoms with van der Waals surface area (Å²) in [7, 11) is 0. The summed E-state index contributed by atoms with van der Waals surface area (Å²) in [4.78, 5) is 26.2. The minimum absolute atomic E-state index is 0.0622. The van der Waals surface area contributed by atoms with E-state index in [1.54, 1.807) is 12.4 Å². The molecule has 1 atom stereocenters. The highest BCUT2D eigenvalue weighted by atomic mass is 19.1. The van der Waals surface area contributed by atoms with Gasteiger partial charge in [0.05, 0.1) is 29.7 Å². The summed E-state index contributed by atoms with van der Waals surface area (Å²) in [6.07, 6.45) is 8.31. The van der Waals surface area contributed by atoms with Crippen molar-refractivity contribution in [2.24, 2.45) is 0 Å². The summed E-state index contributed by atoms with van der Waals surface area (Å²) >= 11 is 0. The van der Waals surface area contributed by atoms with E-state index in [0.717, 1.165) is 50.2 Å². The molecule has 2 fully saturated rings. The Balaban J connectivity index is 1.39. The van der Waals surface area contributed by atoms with Crippen LogP contribution in [0.3, 0.4) is 0 Å². The van der Waals surface area contributed by atoms with Crippen molar-refractivity contribution in [2.75, 3.05) is 24.5 Å². The van der Waals surface area contributed by atoms with Gasteiger partial charge in [0, 0.05) is 19.0 Å². The van der Waals surface area contributed by atoms with E-state index in [1.165, 1.54) is 25.0 Å². The number of amides is 1. The van der Waals surface area contributed by atoms with Crippen LogP contribution in [0.4, 0.5) is 10.1 Å². The number of benzene rings is 1. The second kappa shape index (κ2) is 7.97. The molecule has 2 aliphatic heterocycles. The molecule has 4 heterocycles. The second-order valence-corrected chi connectivity index (χ2v) is 9.31. The first-order chi connectivity index (χ1) is 16.1. The molecule has 0 spiro atoms. The number of hydrogen-bond donors (Lipinski definition) is 0. The molecule has 1 amide bonds. The molecule has 1 saturated carbocycles. The topological polar surface area (TPSA) is 80.3 Å². The van der Waals surface area contributed by atoms with Crippen LogP contribution in [0.15, 0.2) is 29.0 Å². The van der Waals surface area contributed by atoms with E-state index in [-0.39, 0.29) is 24.3 Å². The van der Waals surface area contributed by atoms with Crippen molar-refractivity contribution in [3.8, 4) is 17.2 Å².